The standard InChI is InChI=1S/C11H14N4OS/c1-11(7-12,8-2-3-8)15-9(16)6-17-10-13-4-5-14-10/h4-5,8H,2-3,6H2,1H3,(H,13,14)(H,15,16). The molecule has 0 spiro atoms. The second-order valence-corrected chi connectivity index (χ2v) is 5.28. The van der Waals surface area contributed by atoms with Gasteiger partial charge in [-0.15, -0.1) is 0 Å². The molecule has 1 atom stereocenters. The van der Waals surface area contributed by atoms with E-state index < -0.39 is 5.54 Å². The van der Waals surface area contributed by atoms with E-state index in [9.17, 15) is 4.79 Å². The minimum absolute atomic E-state index is 0.123. The number of carbonyl (C=O) groups excluding carboxylic acids is 1. The molecule has 2 rings (SSSR count). The number of H-pyrrole nitrogens is 1. The Morgan fingerprint density at radius 3 is 3.12 bits per heavy atom. The molecule has 17 heavy (non-hydrogen) atoms. The predicted octanol–water partition coefficient (Wildman–Crippen LogP) is 1.31. The van der Waals surface area contributed by atoms with Crippen molar-refractivity contribution in [3.05, 3.63) is 12.4 Å². The molecule has 0 saturated heterocycles. The van der Waals surface area contributed by atoms with E-state index in [2.05, 4.69) is 21.4 Å². The molecule has 1 aliphatic rings. The van der Waals surface area contributed by atoms with Gasteiger partial charge in [0.1, 0.15) is 5.54 Å². The van der Waals surface area contributed by atoms with Crippen molar-refractivity contribution in [2.75, 3.05) is 5.75 Å². The Labute approximate surface area is 104 Å². The van der Waals surface area contributed by atoms with Crippen LogP contribution in [0.4, 0.5) is 0 Å². The maximum absolute atomic E-state index is 11.7. The molecule has 0 aromatic carbocycles. The molecule has 1 aromatic heterocycles. The quantitative estimate of drug-likeness (QED) is 0.772. The number of aromatic amines is 1. The minimum Gasteiger partial charge on any atom is -0.340 e. The number of hydrogen-bond acceptors (Lipinski definition) is 4. The predicted molar refractivity (Wildman–Crippen MR) is 64.2 cm³/mol. The van der Waals surface area contributed by atoms with Gasteiger partial charge in [0.2, 0.25) is 5.91 Å². The highest BCUT2D eigenvalue weighted by molar-refractivity contribution is 7.99. The smallest absolute Gasteiger partial charge is 0.231 e. The van der Waals surface area contributed by atoms with Crippen LogP contribution in [0.3, 0.4) is 0 Å². The fourth-order valence-corrected chi connectivity index (χ4v) is 2.30. The van der Waals surface area contributed by atoms with Crippen molar-refractivity contribution in [3.63, 3.8) is 0 Å². The summed E-state index contributed by atoms with van der Waals surface area (Å²) < 4.78 is 0. The van der Waals surface area contributed by atoms with E-state index in [1.54, 1.807) is 19.3 Å². The SMILES string of the molecule is CC(C#N)(NC(=O)CSc1ncc[nH]1)C1CC1. The first-order valence-electron chi connectivity index (χ1n) is 5.48. The molecule has 1 heterocycles. The molecule has 1 saturated carbocycles. The van der Waals surface area contributed by atoms with Gasteiger partial charge in [0.25, 0.3) is 0 Å². The molecule has 1 fully saturated rings. The van der Waals surface area contributed by atoms with Gasteiger partial charge in [-0.05, 0) is 25.7 Å². The molecular formula is C11H14N4OS. The van der Waals surface area contributed by atoms with E-state index >= 15 is 0 Å². The number of nitriles is 1. The first-order valence-corrected chi connectivity index (χ1v) is 6.47. The number of carbonyl (C=O) groups is 1. The Morgan fingerprint density at radius 2 is 2.59 bits per heavy atom. The van der Waals surface area contributed by atoms with Crippen LogP contribution in [0.25, 0.3) is 0 Å². The van der Waals surface area contributed by atoms with Gasteiger partial charge in [-0.25, -0.2) is 4.98 Å². The number of amides is 1. The monoisotopic (exact) mass is 250 g/mol. The summed E-state index contributed by atoms with van der Waals surface area (Å²) in [6.07, 6.45) is 5.40. The Bertz CT molecular complexity index is 435. The zero-order valence-electron chi connectivity index (χ0n) is 9.56. The van der Waals surface area contributed by atoms with Crippen molar-refractivity contribution in [3.8, 4) is 6.07 Å². The highest BCUT2D eigenvalue weighted by Crippen LogP contribution is 2.39. The van der Waals surface area contributed by atoms with Gasteiger partial charge in [-0.3, -0.25) is 4.79 Å². The third-order valence-electron chi connectivity index (χ3n) is 2.84. The van der Waals surface area contributed by atoms with Crippen molar-refractivity contribution >= 4 is 17.7 Å². The van der Waals surface area contributed by atoms with Crippen molar-refractivity contribution in [1.82, 2.24) is 15.3 Å². The lowest BCUT2D eigenvalue weighted by molar-refractivity contribution is -0.119. The maximum Gasteiger partial charge on any atom is 0.231 e. The van der Waals surface area contributed by atoms with E-state index in [4.69, 9.17) is 5.26 Å². The number of hydrogen-bond donors (Lipinski definition) is 2. The lowest BCUT2D eigenvalue weighted by atomic mass is 9.98. The first kappa shape index (κ1) is 12.0. The Hall–Kier alpha value is -1.48. The highest BCUT2D eigenvalue weighted by Gasteiger charge is 2.42. The molecule has 1 aromatic rings. The first-order chi connectivity index (χ1) is 8.14. The van der Waals surface area contributed by atoms with E-state index in [1.165, 1.54) is 11.8 Å². The van der Waals surface area contributed by atoms with Gasteiger partial charge in [0.05, 0.1) is 11.8 Å². The molecule has 0 radical (unpaired) electrons. The Morgan fingerprint density at radius 1 is 1.82 bits per heavy atom. The number of nitrogens with zero attached hydrogens (tertiary/aromatic N) is 2. The van der Waals surface area contributed by atoms with Crippen molar-refractivity contribution in [2.45, 2.75) is 30.5 Å². The summed E-state index contributed by atoms with van der Waals surface area (Å²) in [5.74, 6) is 0.463. The summed E-state index contributed by atoms with van der Waals surface area (Å²) in [4.78, 5) is 18.6. The van der Waals surface area contributed by atoms with E-state index in [0.717, 1.165) is 12.8 Å². The average molecular weight is 250 g/mol. The molecule has 6 heteroatoms. The normalized spacial score (nSPS) is 18.1. The van der Waals surface area contributed by atoms with Gasteiger partial charge in [-0.2, -0.15) is 5.26 Å². The topological polar surface area (TPSA) is 81.6 Å². The Balaban J connectivity index is 1.82. The van der Waals surface area contributed by atoms with Gasteiger partial charge >= 0.3 is 0 Å². The minimum atomic E-state index is -0.708. The molecule has 2 N–H and O–H groups in total. The van der Waals surface area contributed by atoms with Crippen LogP contribution in [0.5, 0.6) is 0 Å². The second kappa shape index (κ2) is 4.80. The van der Waals surface area contributed by atoms with Gasteiger partial charge in [-0.1, -0.05) is 11.8 Å². The van der Waals surface area contributed by atoms with E-state index in [-0.39, 0.29) is 11.7 Å². The number of rotatable bonds is 5. The zero-order valence-corrected chi connectivity index (χ0v) is 10.4. The summed E-state index contributed by atoms with van der Waals surface area (Å²) in [6.45, 7) is 1.79. The van der Waals surface area contributed by atoms with Crippen LogP contribution in [0.15, 0.2) is 17.6 Å². The molecule has 1 aliphatic carbocycles. The number of aromatic nitrogens is 2. The van der Waals surface area contributed by atoms with E-state index in [1.807, 2.05) is 0 Å². The molecule has 0 aliphatic heterocycles. The fourth-order valence-electron chi connectivity index (χ4n) is 1.67. The summed E-state index contributed by atoms with van der Waals surface area (Å²) in [5, 5.41) is 12.6. The van der Waals surface area contributed by atoms with Crippen LogP contribution in [-0.4, -0.2) is 27.2 Å². The third kappa shape index (κ3) is 3.01. The lowest BCUT2D eigenvalue weighted by Crippen LogP contribution is -2.47. The Kier molecular flexibility index (Phi) is 3.38. The maximum atomic E-state index is 11.7. The highest BCUT2D eigenvalue weighted by atomic mass is 32.2. The number of imidazole rings is 1. The second-order valence-electron chi connectivity index (χ2n) is 4.32. The average Bonchev–Trinajstić information content (AvgIpc) is 3.05. The lowest BCUT2D eigenvalue weighted by Gasteiger charge is -2.22. The van der Waals surface area contributed by atoms with Crippen LogP contribution in [0, 0.1) is 17.2 Å². The molecule has 0 bridgehead atoms. The molecule has 90 valence electrons. The summed E-state index contributed by atoms with van der Waals surface area (Å²) in [7, 11) is 0. The van der Waals surface area contributed by atoms with Crippen LogP contribution in [-0.2, 0) is 4.79 Å². The number of thioether (sulfide) groups is 1. The van der Waals surface area contributed by atoms with Crippen molar-refractivity contribution in [2.24, 2.45) is 5.92 Å². The van der Waals surface area contributed by atoms with Gasteiger partial charge < -0.3 is 10.3 Å². The summed E-state index contributed by atoms with van der Waals surface area (Å²) in [6, 6.07) is 2.20. The molecular weight excluding hydrogens is 236 g/mol. The molecule has 1 unspecified atom stereocenters. The van der Waals surface area contributed by atoms with Gasteiger partial charge in [0.15, 0.2) is 5.16 Å². The van der Waals surface area contributed by atoms with Crippen LogP contribution in [0.2, 0.25) is 0 Å². The van der Waals surface area contributed by atoms with Crippen molar-refractivity contribution < 1.29 is 4.79 Å². The van der Waals surface area contributed by atoms with Crippen LogP contribution < -0.4 is 5.32 Å². The van der Waals surface area contributed by atoms with Gasteiger partial charge in [0, 0.05) is 12.4 Å². The molecule has 1 amide bonds. The zero-order chi connectivity index (χ0) is 12.3. The van der Waals surface area contributed by atoms with Crippen LogP contribution in [0.1, 0.15) is 19.8 Å². The van der Waals surface area contributed by atoms with E-state index in [0.29, 0.717) is 11.1 Å². The molecule has 5 nitrogen and oxygen atoms in total. The fraction of sp³-hybridized carbons (Fsp3) is 0.545. The summed E-state index contributed by atoms with van der Waals surface area (Å²) in [5.41, 5.74) is -0.708. The summed E-state index contributed by atoms with van der Waals surface area (Å²) >= 11 is 1.33. The number of nitrogens with one attached hydrogen (secondary N) is 2. The third-order valence-corrected chi connectivity index (χ3v) is 3.74. The van der Waals surface area contributed by atoms with Crippen LogP contribution >= 0.6 is 11.8 Å². The van der Waals surface area contributed by atoms with Crippen molar-refractivity contribution in [1.29, 1.82) is 5.26 Å². The largest absolute Gasteiger partial charge is 0.340 e.